The van der Waals surface area contributed by atoms with Crippen LogP contribution in [-0.4, -0.2) is 0 Å². The Bertz CT molecular complexity index is 494. The number of hydrogen-bond donors (Lipinski definition) is 1. The Kier molecular flexibility index (Phi) is 4.37. The molecule has 0 heterocycles. The van der Waals surface area contributed by atoms with Crippen molar-refractivity contribution < 1.29 is 0 Å². The summed E-state index contributed by atoms with van der Waals surface area (Å²) in [5, 5.41) is 3.68. The van der Waals surface area contributed by atoms with E-state index in [9.17, 15) is 0 Å². The van der Waals surface area contributed by atoms with Gasteiger partial charge in [0, 0.05) is 5.70 Å². The molecule has 0 aliphatic heterocycles. The second kappa shape index (κ2) is 5.87. The highest BCUT2D eigenvalue weighted by Crippen LogP contribution is 2.30. The monoisotopic (exact) mass is 269 g/mol. The Morgan fingerprint density at radius 1 is 1.10 bits per heavy atom. The average Bonchev–Trinajstić information content (AvgIpc) is 2.39. The van der Waals surface area contributed by atoms with Crippen molar-refractivity contribution in [2.45, 2.75) is 40.2 Å². The van der Waals surface area contributed by atoms with Crippen molar-refractivity contribution in [1.29, 1.82) is 0 Å². The molecule has 1 aliphatic carbocycles. The number of hydrogen-bond acceptors (Lipinski definition) is 1. The molecule has 0 saturated carbocycles. The predicted molar refractivity (Wildman–Crippen MR) is 87.3 cm³/mol. The first-order valence-electron chi connectivity index (χ1n) is 7.64. The molecule has 0 saturated heterocycles. The van der Waals surface area contributed by atoms with Crippen molar-refractivity contribution in [1.82, 2.24) is 5.32 Å². The van der Waals surface area contributed by atoms with Gasteiger partial charge in [-0.15, -0.1) is 0 Å². The zero-order chi connectivity index (χ0) is 14.8. The smallest absolute Gasteiger partial charge is 0.0568 e. The minimum atomic E-state index is -0.0537. The summed E-state index contributed by atoms with van der Waals surface area (Å²) in [7, 11) is 0. The molecule has 1 aromatic carbocycles. The summed E-state index contributed by atoms with van der Waals surface area (Å²) in [5.41, 5.74) is 2.50. The van der Waals surface area contributed by atoms with Gasteiger partial charge in [-0.05, 0) is 43.2 Å². The Morgan fingerprint density at radius 2 is 1.75 bits per heavy atom. The third kappa shape index (κ3) is 3.33. The third-order valence-electron chi connectivity index (χ3n) is 4.27. The molecular formula is C19H27N. The van der Waals surface area contributed by atoms with Crippen molar-refractivity contribution in [2.75, 3.05) is 0 Å². The maximum Gasteiger partial charge on any atom is 0.0568 e. The van der Waals surface area contributed by atoms with Gasteiger partial charge in [-0.2, -0.15) is 0 Å². The van der Waals surface area contributed by atoms with Crippen LogP contribution in [0.5, 0.6) is 0 Å². The van der Waals surface area contributed by atoms with E-state index in [1.54, 1.807) is 0 Å². The molecule has 20 heavy (non-hydrogen) atoms. The maximum atomic E-state index is 3.68. The van der Waals surface area contributed by atoms with Crippen LogP contribution in [0.3, 0.4) is 0 Å². The lowest BCUT2D eigenvalue weighted by molar-refractivity contribution is 0.371. The molecule has 2 rings (SSSR count). The molecule has 1 aliphatic rings. The Labute approximate surface area is 123 Å². The van der Waals surface area contributed by atoms with Crippen LogP contribution in [0, 0.1) is 17.8 Å². The fourth-order valence-corrected chi connectivity index (χ4v) is 3.04. The van der Waals surface area contributed by atoms with Gasteiger partial charge in [0.1, 0.15) is 0 Å². The number of nitrogens with one attached hydrogen (secondary N) is 1. The van der Waals surface area contributed by atoms with E-state index in [1.807, 2.05) is 0 Å². The van der Waals surface area contributed by atoms with Crippen LogP contribution in [0.4, 0.5) is 0 Å². The largest absolute Gasteiger partial charge is 0.376 e. The van der Waals surface area contributed by atoms with Gasteiger partial charge in [-0.3, -0.25) is 0 Å². The van der Waals surface area contributed by atoms with Crippen LogP contribution in [0.25, 0.3) is 0 Å². The quantitative estimate of drug-likeness (QED) is 0.822. The first kappa shape index (κ1) is 14.9. The molecule has 0 bridgehead atoms. The second-order valence-electron chi connectivity index (χ2n) is 6.78. The van der Waals surface area contributed by atoms with Gasteiger partial charge in [0.25, 0.3) is 0 Å². The predicted octanol–water partition coefficient (Wildman–Crippen LogP) is 4.87. The fraction of sp³-hybridized carbons (Fsp3) is 0.474. The summed E-state index contributed by atoms with van der Waals surface area (Å²) in [6.07, 6.45) is 6.98. The number of benzene rings is 1. The summed E-state index contributed by atoms with van der Waals surface area (Å²) in [6.45, 7) is 11.4. The van der Waals surface area contributed by atoms with Crippen LogP contribution < -0.4 is 5.32 Å². The number of rotatable bonds is 4. The van der Waals surface area contributed by atoms with Gasteiger partial charge in [0.05, 0.1) is 5.54 Å². The Balaban J connectivity index is 2.12. The van der Waals surface area contributed by atoms with E-state index in [2.05, 4.69) is 88.5 Å². The number of allylic oxidation sites excluding steroid dienone is 3. The van der Waals surface area contributed by atoms with Gasteiger partial charge in [0.15, 0.2) is 0 Å². The minimum Gasteiger partial charge on any atom is -0.376 e. The summed E-state index contributed by atoms with van der Waals surface area (Å²) in [4.78, 5) is 0. The van der Waals surface area contributed by atoms with Crippen molar-refractivity contribution in [3.05, 3.63) is 59.8 Å². The molecular weight excluding hydrogens is 242 g/mol. The maximum absolute atomic E-state index is 3.68. The van der Waals surface area contributed by atoms with E-state index in [0.717, 1.165) is 0 Å². The van der Waals surface area contributed by atoms with Gasteiger partial charge < -0.3 is 5.32 Å². The van der Waals surface area contributed by atoms with Crippen molar-refractivity contribution in [2.24, 2.45) is 17.8 Å². The van der Waals surface area contributed by atoms with E-state index in [4.69, 9.17) is 0 Å². The molecule has 1 heteroatoms. The summed E-state index contributed by atoms with van der Waals surface area (Å²) in [6, 6.07) is 10.6. The zero-order valence-corrected chi connectivity index (χ0v) is 13.4. The molecule has 1 N–H and O–H groups in total. The summed E-state index contributed by atoms with van der Waals surface area (Å²) >= 11 is 0. The van der Waals surface area contributed by atoms with Crippen molar-refractivity contribution in [3.63, 3.8) is 0 Å². The molecule has 0 amide bonds. The SMILES string of the molecule is CC(C)C1C=CC(NC(C)(C)c2ccccc2)=CC1C. The molecule has 2 atom stereocenters. The molecule has 1 nitrogen and oxygen atoms in total. The van der Waals surface area contributed by atoms with Crippen LogP contribution >= 0.6 is 0 Å². The lowest BCUT2D eigenvalue weighted by Crippen LogP contribution is -2.36. The summed E-state index contributed by atoms with van der Waals surface area (Å²) in [5.74, 6) is 1.94. The lowest BCUT2D eigenvalue weighted by atomic mass is 9.81. The van der Waals surface area contributed by atoms with Gasteiger partial charge in [-0.1, -0.05) is 63.3 Å². The van der Waals surface area contributed by atoms with E-state index in [1.165, 1.54) is 11.3 Å². The molecule has 0 spiro atoms. The average molecular weight is 269 g/mol. The topological polar surface area (TPSA) is 12.0 Å². The van der Waals surface area contributed by atoms with Gasteiger partial charge in [0.2, 0.25) is 0 Å². The molecule has 0 radical (unpaired) electrons. The standard InChI is InChI=1S/C19H27N/c1-14(2)18-12-11-17(13-15(18)3)20-19(4,5)16-9-7-6-8-10-16/h6-15,18,20H,1-5H3. The highest BCUT2D eigenvalue weighted by Gasteiger charge is 2.24. The van der Waals surface area contributed by atoms with Crippen LogP contribution in [-0.2, 0) is 5.54 Å². The molecule has 0 fully saturated rings. The van der Waals surface area contributed by atoms with Crippen LogP contribution in [0.2, 0.25) is 0 Å². The van der Waals surface area contributed by atoms with Gasteiger partial charge >= 0.3 is 0 Å². The first-order chi connectivity index (χ1) is 9.40. The molecule has 2 unspecified atom stereocenters. The normalized spacial score (nSPS) is 22.8. The molecule has 0 aromatic heterocycles. The van der Waals surface area contributed by atoms with Crippen molar-refractivity contribution >= 4 is 0 Å². The van der Waals surface area contributed by atoms with E-state index >= 15 is 0 Å². The fourth-order valence-electron chi connectivity index (χ4n) is 3.04. The molecule has 108 valence electrons. The highest BCUT2D eigenvalue weighted by molar-refractivity contribution is 5.30. The van der Waals surface area contributed by atoms with E-state index < -0.39 is 0 Å². The minimum absolute atomic E-state index is 0.0537. The summed E-state index contributed by atoms with van der Waals surface area (Å²) < 4.78 is 0. The van der Waals surface area contributed by atoms with E-state index in [0.29, 0.717) is 17.8 Å². The zero-order valence-electron chi connectivity index (χ0n) is 13.4. The van der Waals surface area contributed by atoms with Gasteiger partial charge in [-0.25, -0.2) is 0 Å². The van der Waals surface area contributed by atoms with E-state index in [-0.39, 0.29) is 5.54 Å². The highest BCUT2D eigenvalue weighted by atomic mass is 15.0. The van der Waals surface area contributed by atoms with Crippen molar-refractivity contribution in [3.8, 4) is 0 Å². The molecule has 1 aromatic rings. The van der Waals surface area contributed by atoms with Crippen LogP contribution in [0.1, 0.15) is 40.2 Å². The van der Waals surface area contributed by atoms with Crippen LogP contribution in [0.15, 0.2) is 54.3 Å². The second-order valence-corrected chi connectivity index (χ2v) is 6.78. The third-order valence-corrected chi connectivity index (χ3v) is 4.27. The lowest BCUT2D eigenvalue weighted by Gasteiger charge is -2.32. The Hall–Kier alpha value is -1.50. The Morgan fingerprint density at radius 3 is 2.30 bits per heavy atom. The first-order valence-corrected chi connectivity index (χ1v) is 7.64.